The molecule has 11 nitrogen and oxygen atoms in total. The third kappa shape index (κ3) is 4.12. The molecule has 1 fully saturated rings. The van der Waals surface area contributed by atoms with Gasteiger partial charge in [0.1, 0.15) is 22.1 Å². The average Bonchev–Trinajstić information content (AvgIpc) is 3.52. The predicted molar refractivity (Wildman–Crippen MR) is 137 cm³/mol. The summed E-state index contributed by atoms with van der Waals surface area (Å²) in [7, 11) is 0. The Hall–Kier alpha value is -2.85. The molecule has 5 N–H and O–H groups in total. The van der Waals surface area contributed by atoms with Crippen LogP contribution in [0.5, 0.6) is 0 Å². The summed E-state index contributed by atoms with van der Waals surface area (Å²) in [6, 6.07) is 2.76. The standard InChI is InChI=1S/C20H17N7O4S4/c21-20(23-4-5-35-20)14(26-31)15(28)25-12-17(29)27-13(19(30)32)10(7-34-18(12)27)16-24-11(8-33-16)9-2-1-3-22-6-9/h1-6,8,12,18,23,31H,7,21H2,(H,25,28)(H,30,32)/t12-,18-,20?/m1/s1. The number of pyridine rings is 1. The van der Waals surface area contributed by atoms with Crippen molar-refractivity contribution in [3.63, 3.8) is 0 Å². The fourth-order valence-corrected chi connectivity index (χ4v) is 7.08. The van der Waals surface area contributed by atoms with Crippen molar-refractivity contribution in [2.75, 3.05) is 5.75 Å². The molecule has 180 valence electrons. The van der Waals surface area contributed by atoms with E-state index in [0.717, 1.165) is 17.3 Å². The van der Waals surface area contributed by atoms with Crippen molar-refractivity contribution in [3.8, 4) is 11.3 Å². The topological polar surface area (TPSA) is 163 Å². The van der Waals surface area contributed by atoms with Gasteiger partial charge in [0, 0.05) is 40.9 Å². The number of nitrogens with zero attached hydrogens (tertiary/aromatic N) is 4. The third-order valence-corrected chi connectivity index (χ3v) is 8.81. The molecule has 5 heterocycles. The highest BCUT2D eigenvalue weighted by Crippen LogP contribution is 2.44. The van der Waals surface area contributed by atoms with Gasteiger partial charge in [0.2, 0.25) is 5.12 Å². The van der Waals surface area contributed by atoms with Gasteiger partial charge in [0.25, 0.3) is 11.8 Å². The van der Waals surface area contributed by atoms with Crippen LogP contribution in [0.25, 0.3) is 16.8 Å². The number of amides is 2. The molecule has 3 aliphatic heterocycles. The zero-order valence-corrected chi connectivity index (χ0v) is 21.0. The summed E-state index contributed by atoms with van der Waals surface area (Å²) in [4.78, 5) is 46.9. The van der Waals surface area contributed by atoms with E-state index in [4.69, 9.17) is 5.73 Å². The molecule has 5 rings (SSSR count). The van der Waals surface area contributed by atoms with E-state index in [-0.39, 0.29) is 11.4 Å². The monoisotopic (exact) mass is 547 g/mol. The lowest BCUT2D eigenvalue weighted by Gasteiger charge is -2.49. The van der Waals surface area contributed by atoms with Gasteiger partial charge in [-0.3, -0.25) is 30.0 Å². The molecule has 1 unspecified atom stereocenters. The number of carbonyl (C=O) groups excluding carboxylic acids is 3. The highest BCUT2D eigenvalue weighted by Gasteiger charge is 2.55. The smallest absolute Gasteiger partial charge is 0.274 e. The summed E-state index contributed by atoms with van der Waals surface area (Å²) in [6.07, 6.45) is 4.88. The van der Waals surface area contributed by atoms with Crippen LogP contribution < -0.4 is 16.4 Å². The van der Waals surface area contributed by atoms with Gasteiger partial charge in [-0.15, -0.1) is 23.1 Å². The number of carbonyl (C=O) groups is 3. The first-order valence-corrected chi connectivity index (χ1v) is 13.3. The summed E-state index contributed by atoms with van der Waals surface area (Å²) < 4.78 is 0. The quantitative estimate of drug-likeness (QED) is 0.116. The maximum Gasteiger partial charge on any atom is 0.274 e. The van der Waals surface area contributed by atoms with Crippen LogP contribution in [0.1, 0.15) is 5.01 Å². The first-order valence-electron chi connectivity index (χ1n) is 10.0. The van der Waals surface area contributed by atoms with E-state index in [9.17, 15) is 19.6 Å². The van der Waals surface area contributed by atoms with E-state index < -0.39 is 33.3 Å². The summed E-state index contributed by atoms with van der Waals surface area (Å²) in [6.45, 7) is 0. The number of hydrogen-bond acceptors (Lipinski definition) is 12. The SMILES string of the molecule is NC1(C(=NO)C(=O)N[C@@H]2C(=O)N3C(C(=O)S)=C(c4nc(-c5cccnc5)cs4)CS[C@H]23)NC=CS1. The average molecular weight is 548 g/mol. The number of thiazole rings is 1. The fourth-order valence-electron chi connectivity index (χ4n) is 3.80. The van der Waals surface area contributed by atoms with Crippen LogP contribution in [-0.2, 0) is 14.4 Å². The Kier molecular flexibility index (Phi) is 6.35. The molecule has 0 radical (unpaired) electrons. The van der Waals surface area contributed by atoms with Crippen LogP contribution in [0.3, 0.4) is 0 Å². The molecular formula is C20H17N7O4S4. The largest absolute Gasteiger partial charge is 0.410 e. The molecule has 3 atom stereocenters. The van der Waals surface area contributed by atoms with E-state index in [1.807, 2.05) is 17.5 Å². The second-order valence-electron chi connectivity index (χ2n) is 7.52. The minimum absolute atomic E-state index is 0.142. The van der Waals surface area contributed by atoms with E-state index >= 15 is 0 Å². The van der Waals surface area contributed by atoms with Gasteiger partial charge < -0.3 is 15.8 Å². The van der Waals surface area contributed by atoms with Crippen LogP contribution in [0.4, 0.5) is 0 Å². The normalized spacial score (nSPS) is 25.7. The van der Waals surface area contributed by atoms with Gasteiger partial charge in [0.05, 0.1) is 5.69 Å². The number of hydrogen-bond donors (Lipinski definition) is 5. The van der Waals surface area contributed by atoms with Crippen LogP contribution in [-0.4, -0.2) is 64.9 Å². The van der Waals surface area contributed by atoms with Crippen LogP contribution >= 0.6 is 47.5 Å². The molecule has 2 aromatic heterocycles. The Morgan fingerprint density at radius 1 is 1.43 bits per heavy atom. The number of aromatic nitrogens is 2. The molecule has 3 aliphatic rings. The van der Waals surface area contributed by atoms with E-state index in [1.54, 1.807) is 17.8 Å². The number of thioether (sulfide) groups is 2. The predicted octanol–water partition coefficient (Wildman–Crippen LogP) is 1.02. The minimum Gasteiger partial charge on any atom is -0.410 e. The van der Waals surface area contributed by atoms with Gasteiger partial charge in [-0.2, -0.15) is 0 Å². The molecule has 0 spiro atoms. The van der Waals surface area contributed by atoms with Crippen molar-refractivity contribution in [1.29, 1.82) is 0 Å². The molecule has 35 heavy (non-hydrogen) atoms. The molecular weight excluding hydrogens is 531 g/mol. The first-order chi connectivity index (χ1) is 16.8. The zero-order chi connectivity index (χ0) is 24.7. The Morgan fingerprint density at radius 2 is 2.26 bits per heavy atom. The summed E-state index contributed by atoms with van der Waals surface area (Å²) in [5.74, 6) is -0.902. The van der Waals surface area contributed by atoms with Gasteiger partial charge in [0.15, 0.2) is 10.7 Å². The van der Waals surface area contributed by atoms with Gasteiger partial charge in [-0.05, 0) is 17.5 Å². The lowest BCUT2D eigenvalue weighted by Crippen LogP contribution is -2.72. The van der Waals surface area contributed by atoms with Crippen LogP contribution in [0.15, 0.2) is 52.4 Å². The van der Waals surface area contributed by atoms with E-state index in [2.05, 4.69) is 38.4 Å². The molecule has 2 amide bonds. The molecule has 0 aliphatic carbocycles. The number of nitrogens with one attached hydrogen (secondary N) is 2. The van der Waals surface area contributed by atoms with Crippen molar-refractivity contribution in [2.24, 2.45) is 10.9 Å². The lowest BCUT2D eigenvalue weighted by molar-refractivity contribution is -0.145. The van der Waals surface area contributed by atoms with E-state index in [0.29, 0.717) is 22.0 Å². The Labute approximate surface area is 216 Å². The first kappa shape index (κ1) is 23.9. The fraction of sp³-hybridized carbons (Fsp3) is 0.200. The number of fused-ring (bicyclic) bond motifs is 1. The minimum atomic E-state index is -1.46. The third-order valence-electron chi connectivity index (χ3n) is 5.46. The highest BCUT2D eigenvalue weighted by molar-refractivity contribution is 8.04. The summed E-state index contributed by atoms with van der Waals surface area (Å²) in [5, 5.41) is 20.7. The second-order valence-corrected chi connectivity index (χ2v) is 11.0. The molecule has 1 saturated heterocycles. The number of thiol groups is 1. The Morgan fingerprint density at radius 3 is 2.91 bits per heavy atom. The maximum atomic E-state index is 13.0. The molecule has 2 aromatic rings. The number of oxime groups is 1. The van der Waals surface area contributed by atoms with Crippen molar-refractivity contribution < 1.29 is 19.6 Å². The van der Waals surface area contributed by atoms with Gasteiger partial charge in [-0.25, -0.2) is 4.98 Å². The number of β-lactam (4-membered cyclic amide) rings is 1. The lowest BCUT2D eigenvalue weighted by atomic mass is 10.0. The molecule has 0 bridgehead atoms. The van der Waals surface area contributed by atoms with Crippen molar-refractivity contribution in [2.45, 2.75) is 16.4 Å². The summed E-state index contributed by atoms with van der Waals surface area (Å²) in [5.41, 5.74) is 7.97. The highest BCUT2D eigenvalue weighted by atomic mass is 32.2. The van der Waals surface area contributed by atoms with Crippen LogP contribution in [0.2, 0.25) is 0 Å². The maximum absolute atomic E-state index is 13.0. The van der Waals surface area contributed by atoms with Gasteiger partial charge in [-0.1, -0.05) is 29.5 Å². The van der Waals surface area contributed by atoms with Crippen molar-refractivity contribution >= 4 is 75.7 Å². The molecule has 15 heteroatoms. The van der Waals surface area contributed by atoms with Crippen LogP contribution in [0, 0.1) is 0 Å². The number of nitrogens with two attached hydrogens (primary N) is 1. The van der Waals surface area contributed by atoms with Crippen molar-refractivity contribution in [1.82, 2.24) is 25.5 Å². The Balaban J connectivity index is 1.38. The van der Waals surface area contributed by atoms with Crippen molar-refractivity contribution in [3.05, 3.63) is 52.2 Å². The molecule has 0 saturated carbocycles. The zero-order valence-electron chi connectivity index (χ0n) is 17.6. The van der Waals surface area contributed by atoms with Gasteiger partial charge >= 0.3 is 0 Å². The number of rotatable bonds is 6. The Bertz CT molecular complexity index is 1300. The second kappa shape index (κ2) is 9.31. The molecule has 0 aromatic carbocycles. The van der Waals surface area contributed by atoms with E-state index in [1.165, 1.54) is 34.2 Å². The summed E-state index contributed by atoms with van der Waals surface area (Å²) >= 11 is 7.79.